The Kier molecular flexibility index (Phi) is 0.797. The Balaban J connectivity index is 1.79. The summed E-state index contributed by atoms with van der Waals surface area (Å²) >= 11 is 0. The van der Waals surface area contributed by atoms with Gasteiger partial charge in [0.25, 0.3) is 0 Å². The van der Waals surface area contributed by atoms with Crippen LogP contribution in [0.4, 0.5) is 0 Å². The van der Waals surface area contributed by atoms with Crippen LogP contribution >= 0.6 is 0 Å². The van der Waals surface area contributed by atoms with Crippen molar-refractivity contribution in [3.63, 3.8) is 0 Å². The van der Waals surface area contributed by atoms with Crippen LogP contribution in [0.3, 0.4) is 0 Å². The fourth-order valence-corrected chi connectivity index (χ4v) is 3.73. The van der Waals surface area contributed by atoms with Crippen LogP contribution in [0.25, 0.3) is 0 Å². The molecule has 56 valence electrons. The molecule has 0 saturated heterocycles. The van der Waals surface area contributed by atoms with E-state index in [0.29, 0.717) is 6.04 Å². The zero-order valence-corrected chi connectivity index (χ0v) is 6.46. The van der Waals surface area contributed by atoms with Crippen molar-refractivity contribution < 1.29 is 0 Å². The highest BCUT2D eigenvalue weighted by molar-refractivity contribution is 5.15. The van der Waals surface area contributed by atoms with Crippen LogP contribution in [0.2, 0.25) is 0 Å². The maximum atomic E-state index is 5.91. The largest absolute Gasteiger partial charge is 0.327 e. The van der Waals surface area contributed by atoms with E-state index in [-0.39, 0.29) is 0 Å². The molecule has 3 aliphatic rings. The van der Waals surface area contributed by atoms with Crippen molar-refractivity contribution >= 4 is 0 Å². The smallest absolute Gasteiger partial charge is 0.00756 e. The second kappa shape index (κ2) is 1.42. The summed E-state index contributed by atoms with van der Waals surface area (Å²) in [4.78, 5) is 0. The molecule has 0 heterocycles. The normalized spacial score (nSPS) is 70.2. The Morgan fingerprint density at radius 1 is 1.10 bits per heavy atom. The second-order valence-electron chi connectivity index (χ2n) is 4.59. The molecule has 6 unspecified atom stereocenters. The monoisotopic (exact) mass is 137 g/mol. The summed E-state index contributed by atoms with van der Waals surface area (Å²) in [5.74, 6) is 5.25. The molecule has 1 heteroatoms. The molecule has 10 heavy (non-hydrogen) atoms. The summed E-state index contributed by atoms with van der Waals surface area (Å²) in [6.45, 7) is 2.39. The van der Waals surface area contributed by atoms with Crippen molar-refractivity contribution in [2.24, 2.45) is 35.3 Å². The van der Waals surface area contributed by atoms with E-state index in [2.05, 4.69) is 6.92 Å². The molecule has 0 amide bonds. The number of fused-ring (bicyclic) bond motifs is 4. The molecule has 0 radical (unpaired) electrons. The molecular formula is C9H15N. The molecule has 1 nitrogen and oxygen atoms in total. The predicted molar refractivity (Wildman–Crippen MR) is 40.3 cm³/mol. The van der Waals surface area contributed by atoms with Gasteiger partial charge in [0.2, 0.25) is 0 Å². The lowest BCUT2D eigenvalue weighted by Gasteiger charge is -2.71. The molecule has 2 N–H and O–H groups in total. The van der Waals surface area contributed by atoms with Gasteiger partial charge < -0.3 is 5.73 Å². The average molecular weight is 137 g/mol. The summed E-state index contributed by atoms with van der Waals surface area (Å²) in [6, 6.07) is 0.592. The summed E-state index contributed by atoms with van der Waals surface area (Å²) in [7, 11) is 0. The Bertz CT molecular complexity index is 158. The third-order valence-corrected chi connectivity index (χ3v) is 4.32. The van der Waals surface area contributed by atoms with Gasteiger partial charge in [-0.05, 0) is 42.4 Å². The standard InChI is InChI=1S/C9H15N/c1-4-2-5-6-3-7(10)9(6)8(4)5/h4-9H,2-3,10H2,1H3. The Labute approximate surface area is 62.0 Å². The highest BCUT2D eigenvalue weighted by atomic mass is 14.8. The average Bonchev–Trinajstić information content (AvgIpc) is 1.90. The van der Waals surface area contributed by atoms with E-state index in [4.69, 9.17) is 5.73 Å². The summed E-state index contributed by atoms with van der Waals surface area (Å²) in [6.07, 6.45) is 2.86. The van der Waals surface area contributed by atoms with Gasteiger partial charge in [0.05, 0.1) is 0 Å². The number of hydrogen-bond acceptors (Lipinski definition) is 1. The number of nitrogens with two attached hydrogens (primary N) is 1. The van der Waals surface area contributed by atoms with Gasteiger partial charge in [-0.3, -0.25) is 0 Å². The zero-order chi connectivity index (χ0) is 6.88. The first kappa shape index (κ1) is 5.59. The Morgan fingerprint density at radius 3 is 2.30 bits per heavy atom. The van der Waals surface area contributed by atoms with E-state index < -0.39 is 0 Å². The molecular weight excluding hydrogens is 122 g/mol. The Morgan fingerprint density at radius 2 is 1.80 bits per heavy atom. The molecule has 0 spiro atoms. The number of hydrogen-bond donors (Lipinski definition) is 1. The van der Waals surface area contributed by atoms with Crippen molar-refractivity contribution in [3.8, 4) is 0 Å². The first-order valence-electron chi connectivity index (χ1n) is 4.54. The lowest BCUT2D eigenvalue weighted by molar-refractivity contribution is -0.211. The van der Waals surface area contributed by atoms with Gasteiger partial charge in [-0.1, -0.05) is 6.92 Å². The maximum absolute atomic E-state index is 5.91. The van der Waals surface area contributed by atoms with Crippen LogP contribution < -0.4 is 5.73 Å². The lowest BCUT2D eigenvalue weighted by Crippen LogP contribution is -2.70. The van der Waals surface area contributed by atoms with Gasteiger partial charge in [-0.15, -0.1) is 0 Å². The van der Waals surface area contributed by atoms with E-state index in [9.17, 15) is 0 Å². The van der Waals surface area contributed by atoms with Gasteiger partial charge in [0.1, 0.15) is 0 Å². The van der Waals surface area contributed by atoms with E-state index in [1.165, 1.54) is 12.8 Å². The SMILES string of the molecule is CC1CC2C3CC(N)C3C12. The molecule has 3 aliphatic carbocycles. The van der Waals surface area contributed by atoms with Crippen molar-refractivity contribution in [1.82, 2.24) is 0 Å². The quantitative estimate of drug-likeness (QED) is 0.534. The summed E-state index contributed by atoms with van der Waals surface area (Å²) in [5, 5.41) is 0. The van der Waals surface area contributed by atoms with Crippen LogP contribution in [0, 0.1) is 29.6 Å². The molecule has 3 saturated carbocycles. The van der Waals surface area contributed by atoms with Crippen LogP contribution in [0.5, 0.6) is 0 Å². The van der Waals surface area contributed by atoms with Gasteiger partial charge in [0, 0.05) is 6.04 Å². The third-order valence-electron chi connectivity index (χ3n) is 4.32. The first-order valence-corrected chi connectivity index (χ1v) is 4.54. The zero-order valence-electron chi connectivity index (χ0n) is 6.46. The summed E-state index contributed by atoms with van der Waals surface area (Å²) < 4.78 is 0. The minimum Gasteiger partial charge on any atom is -0.327 e. The van der Waals surface area contributed by atoms with Crippen LogP contribution in [0.15, 0.2) is 0 Å². The van der Waals surface area contributed by atoms with Crippen LogP contribution in [0.1, 0.15) is 19.8 Å². The molecule has 0 aromatic heterocycles. The first-order chi connectivity index (χ1) is 4.79. The van der Waals surface area contributed by atoms with E-state index in [0.717, 1.165) is 29.6 Å². The maximum Gasteiger partial charge on any atom is 0.00756 e. The molecule has 0 aliphatic heterocycles. The Hall–Kier alpha value is -0.0400. The van der Waals surface area contributed by atoms with Crippen molar-refractivity contribution in [2.45, 2.75) is 25.8 Å². The van der Waals surface area contributed by atoms with E-state index >= 15 is 0 Å². The molecule has 6 atom stereocenters. The lowest BCUT2D eigenvalue weighted by atomic mass is 9.35. The predicted octanol–water partition coefficient (Wildman–Crippen LogP) is 1.24. The van der Waals surface area contributed by atoms with E-state index in [1.54, 1.807) is 0 Å². The number of rotatable bonds is 0. The summed E-state index contributed by atoms with van der Waals surface area (Å²) in [5.41, 5.74) is 5.91. The van der Waals surface area contributed by atoms with Gasteiger partial charge >= 0.3 is 0 Å². The van der Waals surface area contributed by atoms with E-state index in [1.807, 2.05) is 0 Å². The minimum absolute atomic E-state index is 0.592. The molecule has 0 aromatic rings. The second-order valence-corrected chi connectivity index (χ2v) is 4.59. The minimum atomic E-state index is 0.592. The fourth-order valence-electron chi connectivity index (χ4n) is 3.73. The molecule has 0 aromatic carbocycles. The van der Waals surface area contributed by atoms with Crippen molar-refractivity contribution in [3.05, 3.63) is 0 Å². The van der Waals surface area contributed by atoms with Gasteiger partial charge in [0.15, 0.2) is 0 Å². The molecule has 3 fully saturated rings. The van der Waals surface area contributed by atoms with Crippen molar-refractivity contribution in [1.29, 1.82) is 0 Å². The van der Waals surface area contributed by atoms with Crippen LogP contribution in [-0.2, 0) is 0 Å². The molecule has 0 bridgehead atoms. The van der Waals surface area contributed by atoms with Gasteiger partial charge in [-0.2, -0.15) is 0 Å². The highest BCUT2D eigenvalue weighted by Crippen LogP contribution is 2.68. The van der Waals surface area contributed by atoms with Crippen LogP contribution in [-0.4, -0.2) is 6.04 Å². The highest BCUT2D eigenvalue weighted by Gasteiger charge is 2.65. The van der Waals surface area contributed by atoms with Crippen molar-refractivity contribution in [2.75, 3.05) is 0 Å². The van der Waals surface area contributed by atoms with Gasteiger partial charge in [-0.25, -0.2) is 0 Å². The third kappa shape index (κ3) is 0.378. The fraction of sp³-hybridized carbons (Fsp3) is 1.00. The molecule has 3 rings (SSSR count). The topological polar surface area (TPSA) is 26.0 Å².